The molecule has 7 heteroatoms. The van der Waals surface area contributed by atoms with Gasteiger partial charge in [-0.1, -0.05) is 16.8 Å². The van der Waals surface area contributed by atoms with Gasteiger partial charge in [-0.25, -0.2) is 9.97 Å². The van der Waals surface area contributed by atoms with Crippen LogP contribution in [0.15, 0.2) is 35.1 Å². The van der Waals surface area contributed by atoms with E-state index in [2.05, 4.69) is 20.1 Å². The van der Waals surface area contributed by atoms with Crippen molar-refractivity contribution in [3.8, 4) is 28.9 Å². The molecule has 0 unspecified atom stereocenters. The van der Waals surface area contributed by atoms with E-state index in [-0.39, 0.29) is 17.5 Å². The van der Waals surface area contributed by atoms with Gasteiger partial charge in [-0.05, 0) is 30.7 Å². The number of aromatic nitrogens is 4. The van der Waals surface area contributed by atoms with Gasteiger partial charge in [0.2, 0.25) is 11.6 Å². The van der Waals surface area contributed by atoms with Crippen LogP contribution in [0.5, 0.6) is 5.75 Å². The summed E-state index contributed by atoms with van der Waals surface area (Å²) in [4.78, 5) is 12.4. The van der Waals surface area contributed by atoms with Crippen LogP contribution in [0.1, 0.15) is 5.56 Å². The fourth-order valence-electron chi connectivity index (χ4n) is 1.61. The van der Waals surface area contributed by atoms with Crippen LogP contribution in [0.4, 0.5) is 0 Å². The van der Waals surface area contributed by atoms with Crippen molar-refractivity contribution >= 4 is 11.6 Å². The average molecular weight is 289 g/mol. The minimum Gasteiger partial charge on any atom is -0.508 e. The summed E-state index contributed by atoms with van der Waals surface area (Å²) in [6, 6.07) is 4.49. The minimum atomic E-state index is 0.0655. The molecule has 0 radical (unpaired) electrons. The third kappa shape index (κ3) is 2.33. The van der Waals surface area contributed by atoms with E-state index in [1.165, 1.54) is 12.1 Å². The number of aryl methyl sites for hydroxylation is 1. The van der Waals surface area contributed by atoms with Gasteiger partial charge in [0.1, 0.15) is 5.75 Å². The third-order valence-electron chi connectivity index (χ3n) is 2.59. The molecule has 0 saturated carbocycles. The molecule has 1 aromatic carbocycles. The first-order valence-electron chi connectivity index (χ1n) is 5.75. The molecule has 0 fully saturated rings. The van der Waals surface area contributed by atoms with E-state index in [1.54, 1.807) is 18.5 Å². The van der Waals surface area contributed by atoms with Crippen LogP contribution in [0.25, 0.3) is 23.1 Å². The van der Waals surface area contributed by atoms with Crippen molar-refractivity contribution in [1.82, 2.24) is 20.1 Å². The van der Waals surface area contributed by atoms with E-state index < -0.39 is 0 Å². The largest absolute Gasteiger partial charge is 0.508 e. The Kier molecular flexibility index (Phi) is 3.08. The Labute approximate surface area is 119 Å². The maximum atomic E-state index is 9.48. The van der Waals surface area contributed by atoms with Gasteiger partial charge >= 0.3 is 0 Å². The van der Waals surface area contributed by atoms with E-state index in [9.17, 15) is 5.11 Å². The standard InChI is InChI=1S/C13H9ClN4O2/c1-7-5-15-11(16-6-7)12-17-13(20-18-12)9-4-8(19)2-3-10(9)14/h2-6,19H,1H3. The number of hydrogen-bond acceptors (Lipinski definition) is 6. The molecule has 0 aliphatic rings. The highest BCUT2D eigenvalue weighted by Crippen LogP contribution is 2.30. The number of halogens is 1. The van der Waals surface area contributed by atoms with Crippen LogP contribution < -0.4 is 0 Å². The molecule has 20 heavy (non-hydrogen) atoms. The molecule has 2 aromatic heterocycles. The molecule has 0 spiro atoms. The highest BCUT2D eigenvalue weighted by Gasteiger charge is 2.15. The lowest BCUT2D eigenvalue weighted by molar-refractivity contribution is 0.431. The van der Waals surface area contributed by atoms with Gasteiger partial charge in [-0.2, -0.15) is 4.98 Å². The van der Waals surface area contributed by atoms with Crippen molar-refractivity contribution in [3.05, 3.63) is 41.2 Å². The SMILES string of the molecule is Cc1cnc(-c2noc(-c3cc(O)ccc3Cl)n2)nc1. The second kappa shape index (κ2) is 4.90. The van der Waals surface area contributed by atoms with Crippen LogP contribution in [0.2, 0.25) is 5.02 Å². The van der Waals surface area contributed by atoms with Gasteiger partial charge in [-0.3, -0.25) is 0 Å². The Balaban J connectivity index is 2.01. The molecule has 3 aromatic rings. The van der Waals surface area contributed by atoms with Gasteiger partial charge in [0.05, 0.1) is 10.6 Å². The number of nitrogens with zero attached hydrogens (tertiary/aromatic N) is 4. The third-order valence-corrected chi connectivity index (χ3v) is 2.92. The molecule has 0 aliphatic carbocycles. The van der Waals surface area contributed by atoms with Crippen molar-refractivity contribution in [1.29, 1.82) is 0 Å². The molecule has 0 bridgehead atoms. The quantitative estimate of drug-likeness (QED) is 0.780. The predicted molar refractivity (Wildman–Crippen MR) is 72.2 cm³/mol. The first-order valence-corrected chi connectivity index (χ1v) is 6.13. The monoisotopic (exact) mass is 288 g/mol. The Bertz CT molecular complexity index is 755. The molecule has 6 nitrogen and oxygen atoms in total. The number of phenolic OH excluding ortho intramolecular Hbond substituents is 1. The number of phenols is 1. The smallest absolute Gasteiger partial charge is 0.259 e. The van der Waals surface area contributed by atoms with Crippen LogP contribution in [-0.4, -0.2) is 25.2 Å². The first kappa shape index (κ1) is 12.6. The molecule has 100 valence electrons. The summed E-state index contributed by atoms with van der Waals surface area (Å²) in [5, 5.41) is 13.7. The van der Waals surface area contributed by atoms with Gasteiger partial charge in [-0.15, -0.1) is 0 Å². The van der Waals surface area contributed by atoms with Crippen molar-refractivity contribution in [2.24, 2.45) is 0 Å². The van der Waals surface area contributed by atoms with Gasteiger partial charge in [0.25, 0.3) is 5.89 Å². The summed E-state index contributed by atoms with van der Waals surface area (Å²) in [6.45, 7) is 1.89. The van der Waals surface area contributed by atoms with Crippen LogP contribution in [-0.2, 0) is 0 Å². The molecule has 3 rings (SSSR count). The summed E-state index contributed by atoms with van der Waals surface area (Å²) in [5.41, 5.74) is 1.39. The van der Waals surface area contributed by atoms with E-state index in [1.807, 2.05) is 6.92 Å². The number of benzene rings is 1. The minimum absolute atomic E-state index is 0.0655. The number of rotatable bonds is 2. The first-order chi connectivity index (χ1) is 9.63. The zero-order valence-electron chi connectivity index (χ0n) is 10.4. The molecule has 0 atom stereocenters. The Morgan fingerprint density at radius 3 is 2.65 bits per heavy atom. The molecule has 0 aliphatic heterocycles. The normalized spacial score (nSPS) is 10.7. The molecular formula is C13H9ClN4O2. The number of aromatic hydroxyl groups is 1. The van der Waals surface area contributed by atoms with Gasteiger partial charge in [0, 0.05) is 12.4 Å². The van der Waals surface area contributed by atoms with E-state index in [4.69, 9.17) is 16.1 Å². The molecule has 0 saturated heterocycles. The molecule has 1 N–H and O–H groups in total. The Morgan fingerprint density at radius 2 is 1.90 bits per heavy atom. The zero-order valence-corrected chi connectivity index (χ0v) is 11.2. The summed E-state index contributed by atoms with van der Waals surface area (Å²) in [5.74, 6) is 0.891. The van der Waals surface area contributed by atoms with Crippen LogP contribution in [0, 0.1) is 6.92 Å². The highest BCUT2D eigenvalue weighted by atomic mass is 35.5. The Morgan fingerprint density at radius 1 is 1.15 bits per heavy atom. The van der Waals surface area contributed by atoms with Crippen LogP contribution >= 0.6 is 11.6 Å². The average Bonchev–Trinajstić information content (AvgIpc) is 2.92. The Hall–Kier alpha value is -2.47. The maximum absolute atomic E-state index is 9.48. The molecule has 2 heterocycles. The van der Waals surface area contributed by atoms with Gasteiger partial charge in [0.15, 0.2) is 0 Å². The zero-order chi connectivity index (χ0) is 14.1. The lowest BCUT2D eigenvalue weighted by atomic mass is 10.2. The molecule has 0 amide bonds. The van der Waals surface area contributed by atoms with E-state index in [0.29, 0.717) is 16.4 Å². The topological polar surface area (TPSA) is 84.9 Å². The van der Waals surface area contributed by atoms with Crippen molar-refractivity contribution in [3.63, 3.8) is 0 Å². The summed E-state index contributed by atoms with van der Waals surface area (Å²) in [7, 11) is 0. The fraction of sp³-hybridized carbons (Fsp3) is 0.0769. The van der Waals surface area contributed by atoms with E-state index in [0.717, 1.165) is 5.56 Å². The number of hydrogen-bond donors (Lipinski definition) is 1. The maximum Gasteiger partial charge on any atom is 0.259 e. The summed E-state index contributed by atoms with van der Waals surface area (Å²) >= 11 is 6.04. The lowest BCUT2D eigenvalue weighted by Gasteiger charge is -1.98. The second-order valence-electron chi connectivity index (χ2n) is 4.17. The van der Waals surface area contributed by atoms with Crippen molar-refractivity contribution in [2.45, 2.75) is 6.92 Å². The molecular weight excluding hydrogens is 280 g/mol. The van der Waals surface area contributed by atoms with Crippen LogP contribution in [0.3, 0.4) is 0 Å². The highest BCUT2D eigenvalue weighted by molar-refractivity contribution is 6.33. The van der Waals surface area contributed by atoms with E-state index >= 15 is 0 Å². The summed E-state index contributed by atoms with van der Waals surface area (Å²) in [6.07, 6.45) is 3.33. The fourth-order valence-corrected chi connectivity index (χ4v) is 1.81. The summed E-state index contributed by atoms with van der Waals surface area (Å²) < 4.78 is 5.13. The predicted octanol–water partition coefficient (Wildman–Crippen LogP) is 2.86. The van der Waals surface area contributed by atoms with Gasteiger partial charge < -0.3 is 9.63 Å². The van der Waals surface area contributed by atoms with Crippen molar-refractivity contribution in [2.75, 3.05) is 0 Å². The lowest BCUT2D eigenvalue weighted by Crippen LogP contribution is -1.90. The second-order valence-corrected chi connectivity index (χ2v) is 4.58. The van der Waals surface area contributed by atoms with Crippen molar-refractivity contribution < 1.29 is 9.63 Å².